The fourth-order valence-electron chi connectivity index (χ4n) is 2.87. The first-order valence-electron chi connectivity index (χ1n) is 7.86. The monoisotopic (exact) mass is 306 g/mol. The largest absolute Gasteiger partial charge is 0.348 e. The van der Waals surface area contributed by atoms with Crippen LogP contribution in [0.25, 0.3) is 11.0 Å². The van der Waals surface area contributed by atoms with Crippen molar-refractivity contribution in [3.8, 4) is 0 Å². The minimum Gasteiger partial charge on any atom is -0.348 e. The second-order valence-corrected chi connectivity index (χ2v) is 6.04. The summed E-state index contributed by atoms with van der Waals surface area (Å²) in [5.41, 5.74) is 3.83. The van der Waals surface area contributed by atoms with E-state index in [4.69, 9.17) is 4.98 Å². The van der Waals surface area contributed by atoms with Crippen LogP contribution >= 0.6 is 0 Å². The minimum atomic E-state index is -0.0906. The Morgan fingerprint density at radius 2 is 2.04 bits per heavy atom. The van der Waals surface area contributed by atoms with Crippen molar-refractivity contribution in [3.05, 3.63) is 59.7 Å². The fourth-order valence-corrected chi connectivity index (χ4v) is 2.87. The third kappa shape index (κ3) is 2.70. The maximum Gasteiger partial charge on any atom is 0.251 e. The van der Waals surface area contributed by atoms with Crippen LogP contribution in [-0.2, 0) is 13.6 Å². The first-order valence-corrected chi connectivity index (χ1v) is 7.86. The lowest BCUT2D eigenvalue weighted by Gasteiger charge is -2.05. The molecule has 1 amide bonds. The molecule has 0 bridgehead atoms. The predicted molar refractivity (Wildman–Crippen MR) is 88.1 cm³/mol. The van der Waals surface area contributed by atoms with Crippen molar-refractivity contribution >= 4 is 16.9 Å². The SMILES string of the molecule is Cn1c(C2CC2)nc2cc(CNC(=O)c3ccncc3)ccc21. The Hall–Kier alpha value is -2.69. The maximum atomic E-state index is 12.1. The molecule has 4 rings (SSSR count). The first kappa shape index (κ1) is 13.9. The Labute approximate surface area is 134 Å². The van der Waals surface area contributed by atoms with Crippen LogP contribution in [0.15, 0.2) is 42.7 Å². The van der Waals surface area contributed by atoms with Gasteiger partial charge in [-0.25, -0.2) is 4.98 Å². The normalized spacial score (nSPS) is 14.1. The van der Waals surface area contributed by atoms with Gasteiger partial charge in [0.05, 0.1) is 11.0 Å². The lowest BCUT2D eigenvalue weighted by atomic mass is 10.2. The van der Waals surface area contributed by atoms with Crippen LogP contribution < -0.4 is 5.32 Å². The van der Waals surface area contributed by atoms with Gasteiger partial charge >= 0.3 is 0 Å². The Kier molecular flexibility index (Phi) is 3.33. The van der Waals surface area contributed by atoms with Gasteiger partial charge in [0, 0.05) is 37.5 Å². The Morgan fingerprint density at radius 1 is 1.26 bits per heavy atom. The Bertz CT molecular complexity index is 865. The minimum absolute atomic E-state index is 0.0906. The zero-order valence-electron chi connectivity index (χ0n) is 13.0. The number of carbonyl (C=O) groups is 1. The molecule has 3 aromatic rings. The quantitative estimate of drug-likeness (QED) is 0.806. The van der Waals surface area contributed by atoms with E-state index in [2.05, 4.69) is 34.0 Å². The molecular weight excluding hydrogens is 288 g/mol. The molecule has 1 aliphatic carbocycles. The summed E-state index contributed by atoms with van der Waals surface area (Å²) in [5.74, 6) is 1.72. The van der Waals surface area contributed by atoms with Crippen LogP contribution in [-0.4, -0.2) is 20.4 Å². The molecule has 0 radical (unpaired) electrons. The van der Waals surface area contributed by atoms with Crippen molar-refractivity contribution in [1.29, 1.82) is 0 Å². The summed E-state index contributed by atoms with van der Waals surface area (Å²) in [6.45, 7) is 0.492. The van der Waals surface area contributed by atoms with Gasteiger partial charge in [-0.15, -0.1) is 0 Å². The highest BCUT2D eigenvalue weighted by atomic mass is 16.1. The number of rotatable bonds is 4. The molecule has 0 saturated heterocycles. The second kappa shape index (κ2) is 5.50. The number of nitrogens with one attached hydrogen (secondary N) is 1. The van der Waals surface area contributed by atoms with Crippen LogP contribution in [0, 0.1) is 0 Å². The highest BCUT2D eigenvalue weighted by Gasteiger charge is 2.28. The molecule has 1 aromatic carbocycles. The maximum absolute atomic E-state index is 12.1. The van der Waals surface area contributed by atoms with Crippen molar-refractivity contribution in [2.45, 2.75) is 25.3 Å². The number of aromatic nitrogens is 3. The van der Waals surface area contributed by atoms with Gasteiger partial charge in [0.15, 0.2) is 0 Å². The molecule has 0 aliphatic heterocycles. The lowest BCUT2D eigenvalue weighted by molar-refractivity contribution is 0.0951. The Morgan fingerprint density at radius 3 is 2.78 bits per heavy atom. The van der Waals surface area contributed by atoms with Crippen molar-refractivity contribution in [2.24, 2.45) is 7.05 Å². The van der Waals surface area contributed by atoms with Gasteiger partial charge in [0.25, 0.3) is 5.91 Å². The summed E-state index contributed by atoms with van der Waals surface area (Å²) < 4.78 is 2.19. The number of carbonyl (C=O) groups excluding carboxylic acids is 1. The number of benzene rings is 1. The number of hydrogen-bond acceptors (Lipinski definition) is 3. The average Bonchev–Trinajstić information content (AvgIpc) is 3.38. The standard InChI is InChI=1S/C18H18N4O/c1-22-16-5-2-12(10-15(16)21-17(22)13-3-4-13)11-20-18(23)14-6-8-19-9-7-14/h2,5-10,13H,3-4,11H2,1H3,(H,20,23). The van der Waals surface area contributed by atoms with Crippen LogP contribution in [0.5, 0.6) is 0 Å². The number of amides is 1. The van der Waals surface area contributed by atoms with Crippen LogP contribution in [0.4, 0.5) is 0 Å². The fraction of sp³-hybridized carbons (Fsp3) is 0.278. The summed E-state index contributed by atoms with van der Waals surface area (Å²) in [5, 5.41) is 2.94. The molecular formula is C18H18N4O. The zero-order chi connectivity index (χ0) is 15.8. The van der Waals surface area contributed by atoms with Gasteiger partial charge < -0.3 is 9.88 Å². The summed E-state index contributed by atoms with van der Waals surface area (Å²) in [7, 11) is 2.08. The van der Waals surface area contributed by atoms with Crippen LogP contribution in [0.2, 0.25) is 0 Å². The highest BCUT2D eigenvalue weighted by molar-refractivity contribution is 5.94. The van der Waals surface area contributed by atoms with E-state index in [0.29, 0.717) is 18.0 Å². The topological polar surface area (TPSA) is 59.8 Å². The number of imidazole rings is 1. The smallest absolute Gasteiger partial charge is 0.251 e. The lowest BCUT2D eigenvalue weighted by Crippen LogP contribution is -2.22. The third-order valence-corrected chi connectivity index (χ3v) is 4.32. The van der Waals surface area contributed by atoms with E-state index >= 15 is 0 Å². The van der Waals surface area contributed by atoms with Gasteiger partial charge in [-0.3, -0.25) is 9.78 Å². The predicted octanol–water partition coefficient (Wildman–Crippen LogP) is 2.78. The van der Waals surface area contributed by atoms with Gasteiger partial charge in [-0.2, -0.15) is 0 Å². The zero-order valence-corrected chi connectivity index (χ0v) is 13.0. The molecule has 1 fully saturated rings. The molecule has 1 aliphatic rings. The molecule has 5 heteroatoms. The van der Waals surface area contributed by atoms with Gasteiger partial charge in [-0.05, 0) is 42.7 Å². The van der Waals surface area contributed by atoms with Gasteiger partial charge in [-0.1, -0.05) is 6.07 Å². The number of nitrogens with zero attached hydrogens (tertiary/aromatic N) is 3. The number of fused-ring (bicyclic) bond motifs is 1. The molecule has 2 aromatic heterocycles. The van der Waals surface area contributed by atoms with Crippen molar-refractivity contribution < 1.29 is 4.79 Å². The number of hydrogen-bond donors (Lipinski definition) is 1. The van der Waals surface area contributed by atoms with Gasteiger partial charge in [0.2, 0.25) is 0 Å². The van der Waals surface area contributed by atoms with E-state index in [-0.39, 0.29) is 5.91 Å². The van der Waals surface area contributed by atoms with Crippen LogP contribution in [0.3, 0.4) is 0 Å². The molecule has 5 nitrogen and oxygen atoms in total. The molecule has 0 unspecified atom stereocenters. The third-order valence-electron chi connectivity index (χ3n) is 4.32. The molecule has 1 saturated carbocycles. The van der Waals surface area contributed by atoms with Crippen molar-refractivity contribution in [2.75, 3.05) is 0 Å². The van der Waals surface area contributed by atoms with Crippen LogP contribution in [0.1, 0.15) is 40.5 Å². The molecule has 0 spiro atoms. The van der Waals surface area contributed by atoms with E-state index in [1.807, 2.05) is 6.07 Å². The Balaban J connectivity index is 1.52. The van der Waals surface area contributed by atoms with E-state index in [1.54, 1.807) is 24.5 Å². The summed E-state index contributed by atoms with van der Waals surface area (Å²) in [6.07, 6.45) is 5.72. The molecule has 1 N–H and O–H groups in total. The molecule has 2 heterocycles. The summed E-state index contributed by atoms with van der Waals surface area (Å²) in [6, 6.07) is 9.61. The summed E-state index contributed by atoms with van der Waals surface area (Å²) in [4.78, 5) is 20.8. The highest BCUT2D eigenvalue weighted by Crippen LogP contribution is 2.40. The second-order valence-electron chi connectivity index (χ2n) is 6.04. The number of pyridine rings is 1. The average molecular weight is 306 g/mol. The van der Waals surface area contributed by atoms with E-state index in [9.17, 15) is 4.79 Å². The van der Waals surface area contributed by atoms with Crippen molar-refractivity contribution in [3.63, 3.8) is 0 Å². The van der Waals surface area contributed by atoms with Crippen molar-refractivity contribution in [1.82, 2.24) is 19.9 Å². The summed E-state index contributed by atoms with van der Waals surface area (Å²) >= 11 is 0. The first-order chi connectivity index (χ1) is 11.2. The molecule has 116 valence electrons. The van der Waals surface area contributed by atoms with E-state index < -0.39 is 0 Å². The molecule has 0 atom stereocenters. The van der Waals surface area contributed by atoms with E-state index in [0.717, 1.165) is 16.6 Å². The molecule has 23 heavy (non-hydrogen) atoms. The van der Waals surface area contributed by atoms with Gasteiger partial charge in [0.1, 0.15) is 5.82 Å². The number of aryl methyl sites for hydroxylation is 1. The van der Waals surface area contributed by atoms with E-state index in [1.165, 1.54) is 18.7 Å².